The molecule has 4 nitrogen and oxygen atoms in total. The highest BCUT2D eigenvalue weighted by Gasteiger charge is 2.55. The van der Waals surface area contributed by atoms with E-state index in [1.54, 1.807) is 13.2 Å². The number of fused-ring (bicyclic) bond motifs is 1. The quantitative estimate of drug-likeness (QED) is 0.656. The summed E-state index contributed by atoms with van der Waals surface area (Å²) in [6.07, 6.45) is 10.3. The van der Waals surface area contributed by atoms with Crippen molar-refractivity contribution >= 4 is 0 Å². The van der Waals surface area contributed by atoms with E-state index in [4.69, 9.17) is 4.74 Å². The predicted molar refractivity (Wildman–Crippen MR) is 95.9 cm³/mol. The van der Waals surface area contributed by atoms with Gasteiger partial charge in [-0.2, -0.15) is 0 Å². The van der Waals surface area contributed by atoms with Crippen LogP contribution < -0.4 is 0 Å². The first-order chi connectivity index (χ1) is 12.1. The number of hydrogen-bond acceptors (Lipinski definition) is 4. The van der Waals surface area contributed by atoms with Crippen molar-refractivity contribution < 1.29 is 14.9 Å². The van der Waals surface area contributed by atoms with E-state index in [1.165, 1.54) is 24.9 Å². The SMILES string of the molecule is COC1C=CC2C3Cc4ccc(O)c(O)c4C2(CCN3CC2CC2)C1. The van der Waals surface area contributed by atoms with E-state index in [0.717, 1.165) is 37.3 Å². The Morgan fingerprint density at radius 1 is 1.24 bits per heavy atom. The van der Waals surface area contributed by atoms with Gasteiger partial charge in [-0.15, -0.1) is 0 Å². The summed E-state index contributed by atoms with van der Waals surface area (Å²) < 4.78 is 5.67. The molecule has 2 bridgehead atoms. The molecule has 1 heterocycles. The number of phenolic OH excluding ortho intramolecular Hbond substituents is 2. The van der Waals surface area contributed by atoms with Gasteiger partial charge < -0.3 is 14.9 Å². The lowest BCUT2D eigenvalue weighted by molar-refractivity contribution is -0.00523. The molecule has 0 radical (unpaired) electrons. The van der Waals surface area contributed by atoms with Crippen LogP contribution in [-0.4, -0.2) is 47.5 Å². The van der Waals surface area contributed by atoms with Crippen molar-refractivity contribution in [3.63, 3.8) is 0 Å². The minimum atomic E-state index is -0.115. The molecule has 1 aromatic carbocycles. The molecule has 1 saturated carbocycles. The summed E-state index contributed by atoms with van der Waals surface area (Å²) in [6.45, 7) is 2.30. The molecule has 4 heteroatoms. The summed E-state index contributed by atoms with van der Waals surface area (Å²) in [6, 6.07) is 4.18. The summed E-state index contributed by atoms with van der Waals surface area (Å²) in [5.41, 5.74) is 2.09. The number of benzene rings is 1. The Morgan fingerprint density at radius 3 is 2.84 bits per heavy atom. The number of likely N-dealkylation sites (tertiary alicyclic amines) is 1. The Morgan fingerprint density at radius 2 is 2.08 bits per heavy atom. The molecule has 0 aromatic heterocycles. The molecule has 1 aliphatic heterocycles. The maximum absolute atomic E-state index is 10.7. The largest absolute Gasteiger partial charge is 0.504 e. The molecule has 4 aliphatic rings. The van der Waals surface area contributed by atoms with E-state index in [1.807, 2.05) is 6.07 Å². The third-order valence-electron chi connectivity index (χ3n) is 7.13. The molecule has 4 atom stereocenters. The maximum Gasteiger partial charge on any atom is 0.161 e. The molecule has 134 valence electrons. The number of piperidine rings is 1. The van der Waals surface area contributed by atoms with Crippen LogP contribution in [0.4, 0.5) is 0 Å². The number of ether oxygens (including phenoxy) is 1. The second-order valence-electron chi connectivity index (χ2n) is 8.47. The van der Waals surface area contributed by atoms with Crippen LogP contribution in [0.1, 0.15) is 36.8 Å². The first kappa shape index (κ1) is 15.7. The normalized spacial score (nSPS) is 36.8. The van der Waals surface area contributed by atoms with Crippen LogP contribution in [0.15, 0.2) is 24.3 Å². The summed E-state index contributed by atoms with van der Waals surface area (Å²) >= 11 is 0. The van der Waals surface area contributed by atoms with Gasteiger partial charge in [0, 0.05) is 36.6 Å². The highest BCUT2D eigenvalue weighted by Crippen LogP contribution is 2.58. The lowest BCUT2D eigenvalue weighted by Crippen LogP contribution is -2.61. The second-order valence-corrected chi connectivity index (χ2v) is 8.47. The Bertz CT molecular complexity index is 726. The molecular weight excluding hydrogens is 314 g/mol. The molecule has 1 saturated heterocycles. The fraction of sp³-hybridized carbons (Fsp3) is 0.619. The van der Waals surface area contributed by atoms with E-state index in [9.17, 15) is 10.2 Å². The molecule has 4 unspecified atom stereocenters. The standard InChI is InChI=1S/C21H27NO3/c1-25-15-5-6-16-17-10-14-4-7-18(23)20(24)19(14)21(16,11-15)8-9-22(17)12-13-2-3-13/h4-7,13,15-17,23-24H,2-3,8-12H2,1H3. The number of rotatable bonds is 3. The maximum atomic E-state index is 10.7. The Hall–Kier alpha value is -1.52. The van der Waals surface area contributed by atoms with E-state index >= 15 is 0 Å². The van der Waals surface area contributed by atoms with Crippen LogP contribution in [0.2, 0.25) is 0 Å². The van der Waals surface area contributed by atoms with Gasteiger partial charge in [0.15, 0.2) is 11.5 Å². The van der Waals surface area contributed by atoms with Gasteiger partial charge in [-0.3, -0.25) is 4.90 Å². The summed E-state index contributed by atoms with van der Waals surface area (Å²) in [4.78, 5) is 2.70. The highest BCUT2D eigenvalue weighted by atomic mass is 16.5. The zero-order valence-corrected chi connectivity index (χ0v) is 14.8. The monoisotopic (exact) mass is 341 g/mol. The lowest BCUT2D eigenvalue weighted by atomic mass is 9.53. The van der Waals surface area contributed by atoms with Crippen molar-refractivity contribution in [3.8, 4) is 11.5 Å². The molecule has 2 N–H and O–H groups in total. The zero-order chi connectivity index (χ0) is 17.2. The minimum Gasteiger partial charge on any atom is -0.504 e. The topological polar surface area (TPSA) is 52.9 Å². The number of aromatic hydroxyl groups is 2. The molecule has 25 heavy (non-hydrogen) atoms. The van der Waals surface area contributed by atoms with Gasteiger partial charge in [0.1, 0.15) is 0 Å². The second kappa shape index (κ2) is 5.49. The third-order valence-corrected chi connectivity index (χ3v) is 7.13. The van der Waals surface area contributed by atoms with Crippen molar-refractivity contribution in [2.45, 2.75) is 49.7 Å². The molecular formula is C21H27NO3. The van der Waals surface area contributed by atoms with Crippen LogP contribution in [0.3, 0.4) is 0 Å². The third kappa shape index (κ3) is 2.27. The van der Waals surface area contributed by atoms with Crippen LogP contribution in [0, 0.1) is 11.8 Å². The Labute approximate surface area is 149 Å². The average Bonchev–Trinajstić information content (AvgIpc) is 3.43. The molecule has 1 aromatic rings. The van der Waals surface area contributed by atoms with Gasteiger partial charge in [-0.05, 0) is 56.2 Å². The number of hydrogen-bond donors (Lipinski definition) is 2. The van der Waals surface area contributed by atoms with Gasteiger partial charge in [0.05, 0.1) is 6.10 Å². The summed E-state index contributed by atoms with van der Waals surface area (Å²) in [5, 5.41) is 20.9. The molecule has 3 aliphatic carbocycles. The van der Waals surface area contributed by atoms with Crippen LogP contribution in [0.5, 0.6) is 11.5 Å². The Kier molecular flexibility index (Phi) is 3.45. The van der Waals surface area contributed by atoms with Crippen molar-refractivity contribution in [2.24, 2.45) is 11.8 Å². The van der Waals surface area contributed by atoms with Gasteiger partial charge in [0.2, 0.25) is 0 Å². The molecule has 0 spiro atoms. The minimum absolute atomic E-state index is 0.00857. The summed E-state index contributed by atoms with van der Waals surface area (Å²) in [5.74, 6) is 1.39. The Balaban J connectivity index is 1.64. The smallest absolute Gasteiger partial charge is 0.161 e. The van der Waals surface area contributed by atoms with Gasteiger partial charge in [-0.1, -0.05) is 18.2 Å². The first-order valence-electron chi connectivity index (χ1n) is 9.62. The average molecular weight is 341 g/mol. The van der Waals surface area contributed by atoms with Crippen LogP contribution in [0.25, 0.3) is 0 Å². The number of phenols is 2. The van der Waals surface area contributed by atoms with Crippen LogP contribution >= 0.6 is 0 Å². The predicted octanol–water partition coefficient (Wildman–Crippen LogP) is 2.97. The van der Waals surface area contributed by atoms with Crippen molar-refractivity contribution in [3.05, 3.63) is 35.4 Å². The van der Waals surface area contributed by atoms with Crippen LogP contribution in [-0.2, 0) is 16.6 Å². The van der Waals surface area contributed by atoms with Gasteiger partial charge >= 0.3 is 0 Å². The summed E-state index contributed by atoms with van der Waals surface area (Å²) in [7, 11) is 1.76. The lowest BCUT2D eigenvalue weighted by Gasteiger charge is -2.58. The molecule has 2 fully saturated rings. The molecule has 5 rings (SSSR count). The zero-order valence-electron chi connectivity index (χ0n) is 14.8. The van der Waals surface area contributed by atoms with Crippen molar-refractivity contribution in [1.29, 1.82) is 0 Å². The van der Waals surface area contributed by atoms with Gasteiger partial charge in [-0.25, -0.2) is 0 Å². The van der Waals surface area contributed by atoms with Gasteiger partial charge in [0.25, 0.3) is 0 Å². The van der Waals surface area contributed by atoms with Crippen molar-refractivity contribution in [2.75, 3.05) is 20.2 Å². The number of nitrogens with zero attached hydrogens (tertiary/aromatic N) is 1. The van der Waals surface area contributed by atoms with Crippen molar-refractivity contribution in [1.82, 2.24) is 4.90 Å². The fourth-order valence-corrected chi connectivity index (χ4v) is 5.74. The first-order valence-corrected chi connectivity index (χ1v) is 9.62. The molecule has 0 amide bonds. The number of methoxy groups -OCH3 is 1. The highest BCUT2D eigenvalue weighted by molar-refractivity contribution is 5.56. The van der Waals surface area contributed by atoms with E-state index in [0.29, 0.717) is 12.0 Å². The van der Waals surface area contributed by atoms with E-state index < -0.39 is 0 Å². The van der Waals surface area contributed by atoms with E-state index in [2.05, 4.69) is 17.1 Å². The fourth-order valence-electron chi connectivity index (χ4n) is 5.74. The van der Waals surface area contributed by atoms with E-state index in [-0.39, 0.29) is 23.0 Å².